The quantitative estimate of drug-likeness (QED) is 0.420. The first kappa shape index (κ1) is 7.82. The Labute approximate surface area is 53.8 Å². The van der Waals surface area contributed by atoms with Crippen molar-refractivity contribution < 1.29 is 8.98 Å². The molecule has 0 N–H and O–H groups in total. The molecule has 0 aromatic carbocycles. The van der Waals surface area contributed by atoms with E-state index in [1.165, 1.54) is 6.47 Å². The summed E-state index contributed by atoms with van der Waals surface area (Å²) in [5.41, 5.74) is 0. The van der Waals surface area contributed by atoms with Crippen LogP contribution in [0.3, 0.4) is 0 Å². The standard InChI is InChI=1S/C5H9O2S/c1-2-3-4-8-7-5-6/h2-4H2,1H3. The Morgan fingerprint density at radius 2 is 2.50 bits per heavy atom. The maximum Gasteiger partial charge on any atom is 0.430 e. The third-order valence-electron chi connectivity index (χ3n) is 0.674. The molecule has 0 aliphatic rings. The third-order valence-corrected chi connectivity index (χ3v) is 1.32. The molecular formula is C5H9O2S. The Balaban J connectivity index is 2.62. The van der Waals surface area contributed by atoms with Gasteiger partial charge in [-0.15, -0.1) is 0 Å². The summed E-state index contributed by atoms with van der Waals surface area (Å²) in [4.78, 5) is 9.40. The van der Waals surface area contributed by atoms with Gasteiger partial charge >= 0.3 is 6.47 Å². The van der Waals surface area contributed by atoms with Crippen LogP contribution in [0.4, 0.5) is 0 Å². The van der Waals surface area contributed by atoms with Crippen molar-refractivity contribution in [2.24, 2.45) is 0 Å². The highest BCUT2D eigenvalue weighted by Crippen LogP contribution is 2.02. The predicted molar refractivity (Wildman–Crippen MR) is 34.1 cm³/mol. The van der Waals surface area contributed by atoms with E-state index in [-0.39, 0.29) is 0 Å². The van der Waals surface area contributed by atoms with Gasteiger partial charge in [0.05, 0.1) is 12.0 Å². The average Bonchev–Trinajstić information content (AvgIpc) is 1.81. The van der Waals surface area contributed by atoms with Gasteiger partial charge in [0.2, 0.25) is 0 Å². The van der Waals surface area contributed by atoms with E-state index in [1.54, 1.807) is 0 Å². The van der Waals surface area contributed by atoms with Crippen molar-refractivity contribution in [2.45, 2.75) is 19.8 Å². The monoisotopic (exact) mass is 133 g/mol. The maximum atomic E-state index is 9.40. The lowest BCUT2D eigenvalue weighted by Crippen LogP contribution is -1.78. The van der Waals surface area contributed by atoms with Crippen LogP contribution in [0.2, 0.25) is 0 Å². The minimum Gasteiger partial charge on any atom is -0.383 e. The molecule has 8 heavy (non-hydrogen) atoms. The second-order valence-electron chi connectivity index (χ2n) is 1.34. The summed E-state index contributed by atoms with van der Waals surface area (Å²) >= 11 is 1.15. The van der Waals surface area contributed by atoms with Gasteiger partial charge in [-0.25, -0.2) is 4.79 Å². The molecular weight excluding hydrogens is 124 g/mol. The van der Waals surface area contributed by atoms with Crippen molar-refractivity contribution in [2.75, 3.05) is 5.75 Å². The van der Waals surface area contributed by atoms with Crippen LogP contribution < -0.4 is 0 Å². The van der Waals surface area contributed by atoms with Crippen molar-refractivity contribution in [1.82, 2.24) is 0 Å². The van der Waals surface area contributed by atoms with Gasteiger partial charge in [0.25, 0.3) is 0 Å². The summed E-state index contributed by atoms with van der Waals surface area (Å²) in [5, 5.41) is 0. The molecule has 0 aromatic rings. The summed E-state index contributed by atoms with van der Waals surface area (Å²) in [6.45, 7) is 3.43. The predicted octanol–water partition coefficient (Wildman–Crippen LogP) is 1.52. The zero-order valence-electron chi connectivity index (χ0n) is 4.85. The molecule has 0 amide bonds. The molecule has 0 saturated heterocycles. The van der Waals surface area contributed by atoms with Crippen LogP contribution in [-0.4, -0.2) is 12.2 Å². The summed E-state index contributed by atoms with van der Waals surface area (Å²) in [7, 11) is 0. The molecule has 0 aliphatic carbocycles. The molecule has 0 saturated carbocycles. The molecule has 0 heterocycles. The van der Waals surface area contributed by atoms with Crippen molar-refractivity contribution >= 4 is 18.5 Å². The van der Waals surface area contributed by atoms with Crippen LogP contribution >= 0.6 is 12.0 Å². The van der Waals surface area contributed by atoms with Crippen LogP contribution in [0.1, 0.15) is 19.8 Å². The van der Waals surface area contributed by atoms with Crippen molar-refractivity contribution in [3.63, 3.8) is 0 Å². The highest BCUT2D eigenvalue weighted by atomic mass is 32.2. The first-order chi connectivity index (χ1) is 3.91. The SMILES string of the molecule is CCCCSO[C]=O. The van der Waals surface area contributed by atoms with Gasteiger partial charge in [-0.3, -0.25) is 0 Å². The van der Waals surface area contributed by atoms with E-state index in [9.17, 15) is 4.79 Å². The molecule has 0 atom stereocenters. The maximum absolute atomic E-state index is 9.40. The fraction of sp³-hybridized carbons (Fsp3) is 0.800. The van der Waals surface area contributed by atoms with Gasteiger partial charge in [-0.1, -0.05) is 13.3 Å². The molecule has 0 spiro atoms. The molecule has 2 nitrogen and oxygen atoms in total. The second-order valence-corrected chi connectivity index (χ2v) is 2.15. The molecule has 0 rings (SSSR count). The fourth-order valence-electron chi connectivity index (χ4n) is 0.269. The van der Waals surface area contributed by atoms with Crippen molar-refractivity contribution in [1.29, 1.82) is 0 Å². The Morgan fingerprint density at radius 1 is 1.75 bits per heavy atom. The minimum absolute atomic E-state index is 0.881. The lowest BCUT2D eigenvalue weighted by atomic mass is 10.4. The Hall–Kier alpha value is -0.180. The Bertz CT molecular complexity index is 56.4. The summed E-state index contributed by atoms with van der Waals surface area (Å²) in [5.74, 6) is 0.881. The summed E-state index contributed by atoms with van der Waals surface area (Å²) in [6, 6.07) is 0. The van der Waals surface area contributed by atoms with Gasteiger partial charge in [-0.2, -0.15) is 0 Å². The zero-order chi connectivity index (χ0) is 6.24. The molecule has 0 fully saturated rings. The van der Waals surface area contributed by atoms with Gasteiger partial charge in [0, 0.05) is 5.75 Å². The minimum atomic E-state index is 0.881. The van der Waals surface area contributed by atoms with E-state index in [0.29, 0.717) is 0 Å². The lowest BCUT2D eigenvalue weighted by molar-refractivity contribution is 0.474. The van der Waals surface area contributed by atoms with Crippen molar-refractivity contribution in [3.05, 3.63) is 0 Å². The molecule has 1 radical (unpaired) electrons. The number of unbranched alkanes of at least 4 members (excludes halogenated alkanes) is 1. The number of carbonyl (C=O) groups excluding carboxylic acids is 1. The van der Waals surface area contributed by atoms with Gasteiger partial charge in [0.1, 0.15) is 0 Å². The molecule has 0 aliphatic heterocycles. The molecule has 0 unspecified atom stereocenters. The van der Waals surface area contributed by atoms with Crippen LogP contribution in [0.5, 0.6) is 0 Å². The smallest absolute Gasteiger partial charge is 0.383 e. The van der Waals surface area contributed by atoms with Crippen LogP contribution in [0, 0.1) is 0 Å². The highest BCUT2D eigenvalue weighted by Gasteiger charge is 1.85. The number of rotatable bonds is 5. The van der Waals surface area contributed by atoms with E-state index in [1.807, 2.05) is 0 Å². The topological polar surface area (TPSA) is 26.3 Å². The van der Waals surface area contributed by atoms with Gasteiger partial charge in [0.15, 0.2) is 0 Å². The van der Waals surface area contributed by atoms with Crippen molar-refractivity contribution in [3.8, 4) is 0 Å². The van der Waals surface area contributed by atoms with E-state index < -0.39 is 0 Å². The van der Waals surface area contributed by atoms with Gasteiger partial charge < -0.3 is 4.18 Å². The highest BCUT2D eigenvalue weighted by molar-refractivity contribution is 7.94. The molecule has 0 bridgehead atoms. The number of hydrogen-bond acceptors (Lipinski definition) is 3. The normalized spacial score (nSPS) is 8.62. The second kappa shape index (κ2) is 6.82. The lowest BCUT2D eigenvalue weighted by Gasteiger charge is -1.90. The van der Waals surface area contributed by atoms with E-state index in [4.69, 9.17) is 0 Å². The van der Waals surface area contributed by atoms with Crippen LogP contribution in [0.25, 0.3) is 0 Å². The van der Waals surface area contributed by atoms with Gasteiger partial charge in [-0.05, 0) is 6.42 Å². The first-order valence-electron chi connectivity index (χ1n) is 2.57. The first-order valence-corrected chi connectivity index (χ1v) is 3.48. The van der Waals surface area contributed by atoms with Crippen LogP contribution in [-0.2, 0) is 8.98 Å². The average molecular weight is 133 g/mol. The zero-order valence-corrected chi connectivity index (χ0v) is 5.66. The van der Waals surface area contributed by atoms with E-state index in [2.05, 4.69) is 11.1 Å². The summed E-state index contributed by atoms with van der Waals surface area (Å²) < 4.78 is 4.25. The molecule has 3 heteroatoms. The fourth-order valence-corrected chi connectivity index (χ4v) is 0.807. The summed E-state index contributed by atoms with van der Waals surface area (Å²) in [6.07, 6.45) is 2.22. The Morgan fingerprint density at radius 3 is 3.00 bits per heavy atom. The molecule has 47 valence electrons. The largest absolute Gasteiger partial charge is 0.430 e. The van der Waals surface area contributed by atoms with E-state index in [0.717, 1.165) is 30.6 Å². The molecule has 0 aromatic heterocycles. The van der Waals surface area contributed by atoms with E-state index >= 15 is 0 Å². The Kier molecular flexibility index (Phi) is 6.67. The number of hydrogen-bond donors (Lipinski definition) is 0. The third kappa shape index (κ3) is 5.82. The van der Waals surface area contributed by atoms with Crippen LogP contribution in [0.15, 0.2) is 0 Å².